The fourth-order valence-corrected chi connectivity index (χ4v) is 2.87. The summed E-state index contributed by atoms with van der Waals surface area (Å²) in [5.41, 5.74) is -1.11. The van der Waals surface area contributed by atoms with Crippen LogP contribution in [0, 0.1) is 0 Å². The van der Waals surface area contributed by atoms with Gasteiger partial charge in [0.25, 0.3) is 0 Å². The summed E-state index contributed by atoms with van der Waals surface area (Å²) >= 11 is 5.27. The smallest absolute Gasteiger partial charge is 0.420 e. The minimum atomic E-state index is -4.59. The predicted octanol–water partition coefficient (Wildman–Crippen LogP) is 4.47. The Morgan fingerprint density at radius 3 is 2.33 bits per heavy atom. The molecule has 2 aromatic rings. The number of methoxy groups -OCH3 is 1. The number of alkyl halides is 3. The molecular formula is C19H20F3NO3S. The fraction of sp³-hybridized carbons (Fsp3) is 0.368. The monoisotopic (exact) mass is 399 g/mol. The topological polar surface area (TPSA) is 47.6 Å². The summed E-state index contributed by atoms with van der Waals surface area (Å²) in [4.78, 5) is 12.0. The van der Waals surface area contributed by atoms with Crippen molar-refractivity contribution in [3.63, 3.8) is 0 Å². The highest BCUT2D eigenvalue weighted by Gasteiger charge is 2.36. The molecule has 2 rings (SSSR count). The van der Waals surface area contributed by atoms with E-state index in [1.54, 1.807) is 26.8 Å². The van der Waals surface area contributed by atoms with E-state index in [0.29, 0.717) is 10.9 Å². The quantitative estimate of drug-likeness (QED) is 0.607. The van der Waals surface area contributed by atoms with Crippen LogP contribution in [0.1, 0.15) is 31.9 Å². The van der Waals surface area contributed by atoms with Gasteiger partial charge < -0.3 is 14.8 Å². The van der Waals surface area contributed by atoms with Gasteiger partial charge in [-0.3, -0.25) is 4.79 Å². The lowest BCUT2D eigenvalue weighted by atomic mass is 9.98. The van der Waals surface area contributed by atoms with Gasteiger partial charge >= 0.3 is 12.1 Å². The molecule has 146 valence electrons. The second-order valence-corrected chi connectivity index (χ2v) is 7.22. The maximum atomic E-state index is 13.5. The van der Waals surface area contributed by atoms with E-state index in [1.807, 2.05) is 0 Å². The molecule has 0 saturated carbocycles. The van der Waals surface area contributed by atoms with Gasteiger partial charge in [-0.25, -0.2) is 0 Å². The second kappa shape index (κ2) is 7.72. The third kappa shape index (κ3) is 5.09. The number of thiocarbonyl (C=S) groups is 1. The highest BCUT2D eigenvalue weighted by atomic mass is 32.1. The zero-order chi connectivity index (χ0) is 20.4. The van der Waals surface area contributed by atoms with Crippen molar-refractivity contribution < 1.29 is 27.4 Å². The Bertz CT molecular complexity index is 873. The van der Waals surface area contributed by atoms with Crippen molar-refractivity contribution in [2.24, 2.45) is 0 Å². The Labute approximate surface area is 160 Å². The minimum absolute atomic E-state index is 0.0271. The zero-order valence-corrected chi connectivity index (χ0v) is 16.2. The molecular weight excluding hydrogens is 379 g/mol. The largest absolute Gasteiger partial charge is 0.496 e. The Morgan fingerprint density at radius 2 is 1.78 bits per heavy atom. The van der Waals surface area contributed by atoms with E-state index < -0.39 is 23.3 Å². The van der Waals surface area contributed by atoms with Crippen molar-refractivity contribution in [3.8, 4) is 5.75 Å². The number of benzene rings is 2. The lowest BCUT2D eigenvalue weighted by molar-refractivity contribution is -0.153. The SMILES string of the molecule is COc1ccc2c(C(=S)NCC(=O)OC(C)(C)C)cccc2c1C(F)(F)F. The number of ether oxygens (including phenoxy) is 2. The highest BCUT2D eigenvalue weighted by molar-refractivity contribution is 7.80. The normalized spacial score (nSPS) is 12.0. The summed E-state index contributed by atoms with van der Waals surface area (Å²) in [5, 5.41) is 3.03. The number of carbonyl (C=O) groups is 1. The molecule has 0 unspecified atom stereocenters. The molecule has 0 atom stereocenters. The maximum absolute atomic E-state index is 13.5. The average Bonchev–Trinajstić information content (AvgIpc) is 2.55. The van der Waals surface area contributed by atoms with E-state index in [9.17, 15) is 18.0 Å². The average molecular weight is 399 g/mol. The third-order valence-corrected chi connectivity index (χ3v) is 3.95. The maximum Gasteiger partial charge on any atom is 0.420 e. The molecule has 2 aromatic carbocycles. The third-order valence-electron chi connectivity index (χ3n) is 3.58. The zero-order valence-electron chi connectivity index (χ0n) is 15.4. The van der Waals surface area contributed by atoms with E-state index in [2.05, 4.69) is 5.32 Å². The minimum Gasteiger partial charge on any atom is -0.496 e. The molecule has 0 bridgehead atoms. The molecule has 0 aliphatic heterocycles. The summed E-state index contributed by atoms with van der Waals surface area (Å²) in [5.74, 6) is -0.775. The van der Waals surface area contributed by atoms with Crippen LogP contribution in [0.4, 0.5) is 13.2 Å². The predicted molar refractivity (Wildman–Crippen MR) is 101 cm³/mol. The molecule has 0 radical (unpaired) electrons. The van der Waals surface area contributed by atoms with Gasteiger partial charge in [0.05, 0.1) is 7.11 Å². The number of halogens is 3. The van der Waals surface area contributed by atoms with E-state index in [0.717, 1.165) is 0 Å². The molecule has 1 N–H and O–H groups in total. The van der Waals surface area contributed by atoms with Crippen molar-refractivity contribution in [1.82, 2.24) is 5.32 Å². The molecule has 0 heterocycles. The summed E-state index contributed by atoms with van der Waals surface area (Å²) in [6, 6.07) is 7.21. The van der Waals surface area contributed by atoms with Gasteiger partial charge in [0.15, 0.2) is 0 Å². The van der Waals surface area contributed by atoms with Crippen LogP contribution in [0.5, 0.6) is 5.75 Å². The first-order valence-electron chi connectivity index (χ1n) is 8.11. The number of fused-ring (bicyclic) bond motifs is 1. The van der Waals surface area contributed by atoms with Gasteiger partial charge in [0, 0.05) is 5.56 Å². The molecule has 0 aliphatic rings. The molecule has 8 heteroatoms. The molecule has 4 nitrogen and oxygen atoms in total. The van der Waals surface area contributed by atoms with Gasteiger partial charge in [-0.15, -0.1) is 0 Å². The van der Waals surface area contributed by atoms with E-state index in [4.69, 9.17) is 21.7 Å². The van der Waals surface area contributed by atoms with Crippen molar-refractivity contribution in [3.05, 3.63) is 41.5 Å². The first-order chi connectivity index (χ1) is 12.4. The van der Waals surface area contributed by atoms with Crippen LogP contribution >= 0.6 is 12.2 Å². The van der Waals surface area contributed by atoms with Crippen LogP contribution in [0.3, 0.4) is 0 Å². The molecule has 0 spiro atoms. The van der Waals surface area contributed by atoms with Crippen molar-refractivity contribution in [1.29, 1.82) is 0 Å². The first-order valence-corrected chi connectivity index (χ1v) is 8.52. The van der Waals surface area contributed by atoms with Crippen LogP contribution < -0.4 is 10.1 Å². The highest BCUT2D eigenvalue weighted by Crippen LogP contribution is 2.41. The standard InChI is InChI=1S/C19H20F3NO3S/c1-18(2,3)26-15(24)10-23-17(27)13-7-5-6-12-11(13)8-9-14(25-4)16(12)19(20,21)22/h5-9H,10H2,1-4H3,(H,23,27). The summed E-state index contributed by atoms with van der Waals surface area (Å²) in [7, 11) is 1.19. The van der Waals surface area contributed by atoms with Crippen LogP contribution in [-0.2, 0) is 15.7 Å². The number of esters is 1. The van der Waals surface area contributed by atoms with Crippen molar-refractivity contribution in [2.75, 3.05) is 13.7 Å². The van der Waals surface area contributed by atoms with Gasteiger partial charge in [-0.1, -0.05) is 30.4 Å². The van der Waals surface area contributed by atoms with E-state index in [-0.39, 0.29) is 22.7 Å². The molecule has 0 fully saturated rings. The molecule has 27 heavy (non-hydrogen) atoms. The van der Waals surface area contributed by atoms with Gasteiger partial charge in [0.2, 0.25) is 0 Å². The Morgan fingerprint density at radius 1 is 1.11 bits per heavy atom. The lowest BCUT2D eigenvalue weighted by Crippen LogP contribution is -2.34. The van der Waals surface area contributed by atoms with Crippen molar-refractivity contribution >= 4 is 33.9 Å². The summed E-state index contributed by atoms with van der Waals surface area (Å²) in [6.07, 6.45) is -4.59. The Balaban J connectivity index is 2.37. The van der Waals surface area contributed by atoms with Crippen LogP contribution in [0.2, 0.25) is 0 Å². The summed E-state index contributed by atoms with van der Waals surface area (Å²) in [6.45, 7) is 5.02. The van der Waals surface area contributed by atoms with Crippen LogP contribution in [-0.4, -0.2) is 30.2 Å². The molecule has 0 saturated heterocycles. The Hall–Kier alpha value is -2.35. The van der Waals surface area contributed by atoms with Gasteiger partial charge in [-0.2, -0.15) is 13.2 Å². The number of rotatable bonds is 4. The summed E-state index contributed by atoms with van der Waals surface area (Å²) < 4.78 is 50.6. The van der Waals surface area contributed by atoms with Crippen LogP contribution in [0.15, 0.2) is 30.3 Å². The number of nitrogens with one attached hydrogen (secondary N) is 1. The number of hydrogen-bond donors (Lipinski definition) is 1. The second-order valence-electron chi connectivity index (χ2n) is 6.81. The van der Waals surface area contributed by atoms with Gasteiger partial charge in [-0.05, 0) is 43.7 Å². The van der Waals surface area contributed by atoms with E-state index in [1.165, 1.54) is 31.4 Å². The fourth-order valence-electron chi connectivity index (χ4n) is 2.62. The number of hydrogen-bond acceptors (Lipinski definition) is 4. The molecule has 0 amide bonds. The Kier molecular flexibility index (Phi) is 5.99. The number of carbonyl (C=O) groups excluding carboxylic acids is 1. The molecule has 0 aliphatic carbocycles. The lowest BCUT2D eigenvalue weighted by Gasteiger charge is -2.20. The van der Waals surface area contributed by atoms with Gasteiger partial charge in [0.1, 0.15) is 28.4 Å². The van der Waals surface area contributed by atoms with Crippen LogP contribution in [0.25, 0.3) is 10.8 Å². The van der Waals surface area contributed by atoms with Crippen molar-refractivity contribution in [2.45, 2.75) is 32.5 Å². The van der Waals surface area contributed by atoms with E-state index >= 15 is 0 Å². The first kappa shape index (κ1) is 21.0. The molecule has 0 aromatic heterocycles.